The molecule has 8 nitrogen and oxygen atoms in total. The van der Waals surface area contributed by atoms with Gasteiger partial charge in [-0.1, -0.05) is 54.6 Å². The number of ether oxygens (including phenoxy) is 2. The molecule has 0 atom stereocenters. The summed E-state index contributed by atoms with van der Waals surface area (Å²) in [5.41, 5.74) is 7.06. The van der Waals surface area contributed by atoms with Crippen molar-refractivity contribution in [1.29, 1.82) is 0 Å². The molecule has 220 valence electrons. The molecular weight excluding hydrogens is 556 g/mol. The van der Waals surface area contributed by atoms with E-state index in [1.165, 1.54) is 0 Å². The fraction of sp³-hybridized carbons (Fsp3) is 0.167. The minimum absolute atomic E-state index is 0.0663. The maximum atomic E-state index is 11.5. The summed E-state index contributed by atoms with van der Waals surface area (Å²) in [5.74, 6) is 1.19. The molecule has 8 bridgehead atoms. The van der Waals surface area contributed by atoms with Crippen LogP contribution in [-0.4, -0.2) is 27.2 Å². The Labute approximate surface area is 254 Å². The molecule has 44 heavy (non-hydrogen) atoms. The summed E-state index contributed by atoms with van der Waals surface area (Å²) in [6, 6.07) is 25.6. The topological polar surface area (TPSA) is 124 Å². The van der Waals surface area contributed by atoms with Gasteiger partial charge in [0.25, 0.3) is 0 Å². The van der Waals surface area contributed by atoms with E-state index in [0.717, 1.165) is 11.3 Å². The van der Waals surface area contributed by atoms with Crippen molar-refractivity contribution in [3.8, 4) is 28.7 Å². The first-order valence-electron chi connectivity index (χ1n) is 14.4. The average Bonchev–Trinajstić information content (AvgIpc) is 3.03. The predicted molar refractivity (Wildman–Crippen MR) is 165 cm³/mol. The van der Waals surface area contributed by atoms with E-state index < -0.39 is 0 Å². The first kappa shape index (κ1) is 27.5. The van der Waals surface area contributed by atoms with Crippen molar-refractivity contribution < 1.29 is 29.9 Å². The fourth-order valence-corrected chi connectivity index (χ4v) is 5.93. The summed E-state index contributed by atoms with van der Waals surface area (Å²) in [6.45, 7) is 0.654. The molecule has 5 aromatic carbocycles. The number of aromatic hydroxyl groups is 4. The quantitative estimate of drug-likeness (QED) is 0.156. The molecule has 1 heterocycles. The second-order valence-electron chi connectivity index (χ2n) is 11.2. The summed E-state index contributed by atoms with van der Waals surface area (Å²) < 4.78 is 10.9. The van der Waals surface area contributed by atoms with Gasteiger partial charge in [-0.05, 0) is 63.7 Å². The van der Waals surface area contributed by atoms with Crippen LogP contribution in [0.25, 0.3) is 0 Å². The predicted octanol–water partition coefficient (Wildman–Crippen LogP) is 7.47. The second kappa shape index (κ2) is 11.4. The van der Waals surface area contributed by atoms with Crippen molar-refractivity contribution in [2.45, 2.75) is 32.3 Å². The van der Waals surface area contributed by atoms with Gasteiger partial charge in [0.15, 0.2) is 6.79 Å². The number of para-hydroxylation sites is 3. The number of fused-ring (bicyclic) bond motifs is 9. The Morgan fingerprint density at radius 3 is 1.36 bits per heavy atom. The van der Waals surface area contributed by atoms with E-state index in [4.69, 9.17) is 9.47 Å². The lowest BCUT2D eigenvalue weighted by atomic mass is 9.91. The molecule has 0 saturated heterocycles. The Bertz CT molecular complexity index is 1840. The van der Waals surface area contributed by atoms with Gasteiger partial charge in [0, 0.05) is 42.4 Å². The summed E-state index contributed by atoms with van der Waals surface area (Å²) in [7, 11) is 0. The SMILES string of the molecule is Oc1c2cccc1Cc1cccc(c1O)Cc1cc(N=Nc3ccc4c(c3)COCO4)cc(c1O)Cc1cccc(c1O)C2. The monoisotopic (exact) mass is 586 g/mol. The minimum Gasteiger partial charge on any atom is -0.507 e. The van der Waals surface area contributed by atoms with Crippen molar-refractivity contribution >= 4 is 11.4 Å². The first-order chi connectivity index (χ1) is 21.4. The molecular formula is C36H30N2O6. The van der Waals surface area contributed by atoms with E-state index in [9.17, 15) is 20.4 Å². The molecule has 7 rings (SSSR count). The van der Waals surface area contributed by atoms with E-state index in [0.29, 0.717) is 75.3 Å². The summed E-state index contributed by atoms with van der Waals surface area (Å²) in [6.07, 6.45) is 1.09. The molecule has 0 unspecified atom stereocenters. The number of phenolic OH excluding ortho intramolecular Hbond substituents is 4. The maximum Gasteiger partial charge on any atom is 0.189 e. The number of hydrogen-bond donors (Lipinski definition) is 4. The van der Waals surface area contributed by atoms with E-state index in [1.54, 1.807) is 12.1 Å². The molecule has 1 aliphatic carbocycles. The van der Waals surface area contributed by atoms with Gasteiger partial charge in [-0.25, -0.2) is 0 Å². The van der Waals surface area contributed by atoms with E-state index in [1.807, 2.05) is 72.8 Å². The Morgan fingerprint density at radius 1 is 0.455 bits per heavy atom. The van der Waals surface area contributed by atoms with Crippen molar-refractivity contribution in [2.24, 2.45) is 10.2 Å². The van der Waals surface area contributed by atoms with Gasteiger partial charge in [-0.2, -0.15) is 10.2 Å². The first-order valence-corrected chi connectivity index (χ1v) is 14.4. The number of azo groups is 1. The summed E-state index contributed by atoms with van der Waals surface area (Å²) in [5, 5.41) is 54.2. The van der Waals surface area contributed by atoms with Crippen LogP contribution in [0.4, 0.5) is 11.4 Å². The van der Waals surface area contributed by atoms with Gasteiger partial charge in [-0.15, -0.1) is 0 Å². The van der Waals surface area contributed by atoms with Gasteiger partial charge in [-0.3, -0.25) is 0 Å². The Hall–Kier alpha value is -5.34. The highest BCUT2D eigenvalue weighted by atomic mass is 16.7. The van der Waals surface area contributed by atoms with Crippen LogP contribution in [0.1, 0.15) is 50.1 Å². The highest BCUT2D eigenvalue weighted by Crippen LogP contribution is 2.39. The molecule has 0 spiro atoms. The number of benzene rings is 5. The highest BCUT2D eigenvalue weighted by molar-refractivity contribution is 5.59. The Morgan fingerprint density at radius 2 is 0.864 bits per heavy atom. The van der Waals surface area contributed by atoms with Crippen LogP contribution in [0.15, 0.2) is 95.2 Å². The molecule has 0 amide bonds. The molecule has 5 aromatic rings. The molecule has 4 N–H and O–H groups in total. The lowest BCUT2D eigenvalue weighted by molar-refractivity contribution is -0.0163. The summed E-state index contributed by atoms with van der Waals surface area (Å²) in [4.78, 5) is 0. The third kappa shape index (κ3) is 5.31. The zero-order chi connectivity index (χ0) is 30.2. The third-order valence-corrected chi connectivity index (χ3v) is 8.27. The summed E-state index contributed by atoms with van der Waals surface area (Å²) >= 11 is 0. The number of nitrogens with zero attached hydrogens (tertiary/aromatic N) is 2. The number of hydrogen-bond acceptors (Lipinski definition) is 8. The second-order valence-corrected chi connectivity index (χ2v) is 11.2. The molecule has 2 aliphatic rings. The smallest absolute Gasteiger partial charge is 0.189 e. The molecule has 1 aliphatic heterocycles. The van der Waals surface area contributed by atoms with Crippen molar-refractivity contribution in [3.63, 3.8) is 0 Å². The zero-order valence-electron chi connectivity index (χ0n) is 23.8. The van der Waals surface area contributed by atoms with Crippen LogP contribution in [0.2, 0.25) is 0 Å². The third-order valence-electron chi connectivity index (χ3n) is 8.27. The molecule has 8 heteroatoms. The number of phenols is 4. The average molecular weight is 587 g/mol. The van der Waals surface area contributed by atoms with Crippen LogP contribution in [0.3, 0.4) is 0 Å². The van der Waals surface area contributed by atoms with Gasteiger partial charge in [0.1, 0.15) is 28.7 Å². The Kier molecular flexibility index (Phi) is 7.12. The van der Waals surface area contributed by atoms with E-state index >= 15 is 0 Å². The minimum atomic E-state index is 0.0663. The van der Waals surface area contributed by atoms with Gasteiger partial charge < -0.3 is 29.9 Å². The van der Waals surface area contributed by atoms with E-state index in [2.05, 4.69) is 10.2 Å². The van der Waals surface area contributed by atoms with Gasteiger partial charge in [0.2, 0.25) is 0 Å². The van der Waals surface area contributed by atoms with Crippen LogP contribution in [-0.2, 0) is 37.0 Å². The van der Waals surface area contributed by atoms with Crippen LogP contribution >= 0.6 is 0 Å². The largest absolute Gasteiger partial charge is 0.507 e. The lowest BCUT2D eigenvalue weighted by Gasteiger charge is -2.17. The lowest BCUT2D eigenvalue weighted by Crippen LogP contribution is -2.10. The maximum absolute atomic E-state index is 11.5. The van der Waals surface area contributed by atoms with Crippen molar-refractivity contribution in [1.82, 2.24) is 0 Å². The van der Waals surface area contributed by atoms with Crippen LogP contribution in [0.5, 0.6) is 28.7 Å². The molecule has 0 fully saturated rings. The van der Waals surface area contributed by atoms with Crippen molar-refractivity contribution in [3.05, 3.63) is 135 Å². The fourth-order valence-electron chi connectivity index (χ4n) is 5.93. The molecule has 0 saturated carbocycles. The van der Waals surface area contributed by atoms with E-state index in [-0.39, 0.29) is 42.6 Å². The molecule has 0 radical (unpaired) electrons. The number of rotatable bonds is 2. The normalized spacial score (nSPS) is 14.2. The van der Waals surface area contributed by atoms with Crippen LogP contribution in [0, 0.1) is 0 Å². The van der Waals surface area contributed by atoms with Gasteiger partial charge >= 0.3 is 0 Å². The standard InChI is InChI=1S/C36H30N2O6/c39-33-21-4-1-5-22(33)13-24-7-3-9-26(35(24)41)15-28-17-31(38-37-30-10-11-32-29(18-30)19-43-20-44-32)16-27(36(28)42)14-25-8-2-6-23(12-21)34(25)40/h1-11,16-18,39-42H,12-15,19-20H2. The Balaban J connectivity index is 1.34. The highest BCUT2D eigenvalue weighted by Gasteiger charge is 2.19. The van der Waals surface area contributed by atoms with Crippen molar-refractivity contribution in [2.75, 3.05) is 6.79 Å². The van der Waals surface area contributed by atoms with Gasteiger partial charge in [0.05, 0.1) is 18.0 Å². The zero-order valence-corrected chi connectivity index (χ0v) is 23.8. The molecule has 0 aromatic heterocycles. The van der Waals surface area contributed by atoms with Crippen LogP contribution < -0.4 is 4.74 Å².